The first-order chi connectivity index (χ1) is 10.6. The number of aromatic nitrogens is 2. The van der Waals surface area contributed by atoms with E-state index in [-0.39, 0.29) is 12.0 Å². The van der Waals surface area contributed by atoms with Gasteiger partial charge in [0.05, 0.1) is 18.7 Å². The molecule has 122 valence electrons. The van der Waals surface area contributed by atoms with Gasteiger partial charge in [-0.1, -0.05) is 6.92 Å². The molecule has 0 unspecified atom stereocenters. The second kappa shape index (κ2) is 6.38. The number of nitrogens with one attached hydrogen (secondary N) is 1. The van der Waals surface area contributed by atoms with Gasteiger partial charge in [-0.3, -0.25) is 4.79 Å². The van der Waals surface area contributed by atoms with E-state index in [0.717, 1.165) is 43.7 Å². The predicted octanol–water partition coefficient (Wildman–Crippen LogP) is 1.93. The van der Waals surface area contributed by atoms with Gasteiger partial charge in [0.25, 0.3) is 0 Å². The average molecular weight is 307 g/mol. The zero-order valence-corrected chi connectivity index (χ0v) is 13.2. The Morgan fingerprint density at radius 2 is 2.32 bits per heavy atom. The summed E-state index contributed by atoms with van der Waals surface area (Å²) >= 11 is 0. The standard InChI is InChI=1S/C16H25N3O3/c1-12-2-4-16(5-3-12,8-15(20)21)18-10-13-9-17-14-11-22-7-6-19(13)14/h9,12,18H,2-8,10-11H2,1H3,(H,20,21). The van der Waals surface area contributed by atoms with Crippen LogP contribution in [0.4, 0.5) is 0 Å². The van der Waals surface area contributed by atoms with Crippen LogP contribution >= 0.6 is 0 Å². The van der Waals surface area contributed by atoms with E-state index in [1.807, 2.05) is 6.20 Å². The summed E-state index contributed by atoms with van der Waals surface area (Å²) in [6, 6.07) is 0. The van der Waals surface area contributed by atoms with Gasteiger partial charge in [0, 0.05) is 24.8 Å². The Morgan fingerprint density at radius 1 is 1.55 bits per heavy atom. The molecule has 0 bridgehead atoms. The first-order valence-electron chi connectivity index (χ1n) is 8.16. The van der Waals surface area contributed by atoms with Crippen LogP contribution in [-0.2, 0) is 29.2 Å². The number of fused-ring (bicyclic) bond motifs is 1. The summed E-state index contributed by atoms with van der Waals surface area (Å²) in [6.45, 7) is 5.04. The molecule has 0 saturated heterocycles. The van der Waals surface area contributed by atoms with Crippen LogP contribution in [-0.4, -0.2) is 32.8 Å². The topological polar surface area (TPSA) is 76.4 Å². The van der Waals surface area contributed by atoms with Crippen LogP contribution < -0.4 is 5.32 Å². The Hall–Kier alpha value is -1.40. The molecule has 6 heteroatoms. The van der Waals surface area contributed by atoms with E-state index in [1.165, 1.54) is 0 Å². The van der Waals surface area contributed by atoms with Crippen molar-refractivity contribution in [3.63, 3.8) is 0 Å². The number of imidazole rings is 1. The average Bonchev–Trinajstić information content (AvgIpc) is 2.91. The van der Waals surface area contributed by atoms with E-state index in [9.17, 15) is 9.90 Å². The lowest BCUT2D eigenvalue weighted by Gasteiger charge is -2.39. The number of hydrogen-bond acceptors (Lipinski definition) is 4. The molecule has 1 aliphatic heterocycles. The van der Waals surface area contributed by atoms with Gasteiger partial charge in [0.2, 0.25) is 0 Å². The Bertz CT molecular complexity index is 533. The van der Waals surface area contributed by atoms with Gasteiger partial charge in [-0.05, 0) is 31.6 Å². The first kappa shape index (κ1) is 15.5. The van der Waals surface area contributed by atoms with Crippen molar-refractivity contribution in [2.75, 3.05) is 6.61 Å². The molecule has 2 aliphatic rings. The summed E-state index contributed by atoms with van der Waals surface area (Å²) in [5.74, 6) is 0.946. The molecule has 6 nitrogen and oxygen atoms in total. The number of nitrogens with zero attached hydrogens (tertiary/aromatic N) is 2. The van der Waals surface area contributed by atoms with E-state index in [2.05, 4.69) is 21.8 Å². The predicted molar refractivity (Wildman–Crippen MR) is 81.3 cm³/mol. The summed E-state index contributed by atoms with van der Waals surface area (Å²) in [6.07, 6.45) is 6.15. The Morgan fingerprint density at radius 3 is 3.05 bits per heavy atom. The molecule has 22 heavy (non-hydrogen) atoms. The third-order valence-electron chi connectivity index (χ3n) is 5.08. The smallest absolute Gasteiger partial charge is 0.305 e. The highest BCUT2D eigenvalue weighted by atomic mass is 16.5. The summed E-state index contributed by atoms with van der Waals surface area (Å²) < 4.78 is 7.60. The molecule has 1 aliphatic carbocycles. The van der Waals surface area contributed by atoms with Crippen LogP contribution in [0.15, 0.2) is 6.20 Å². The van der Waals surface area contributed by atoms with Gasteiger partial charge < -0.3 is 19.7 Å². The van der Waals surface area contributed by atoms with E-state index >= 15 is 0 Å². The van der Waals surface area contributed by atoms with Crippen molar-refractivity contribution < 1.29 is 14.6 Å². The number of ether oxygens (including phenoxy) is 1. The van der Waals surface area contributed by atoms with Crippen LogP contribution in [0.1, 0.15) is 50.5 Å². The first-order valence-corrected chi connectivity index (χ1v) is 8.16. The summed E-state index contributed by atoms with van der Waals surface area (Å²) in [5, 5.41) is 12.8. The van der Waals surface area contributed by atoms with Crippen LogP contribution in [0.25, 0.3) is 0 Å². The van der Waals surface area contributed by atoms with E-state index in [4.69, 9.17) is 4.74 Å². The van der Waals surface area contributed by atoms with Gasteiger partial charge in [-0.2, -0.15) is 0 Å². The minimum atomic E-state index is -0.717. The molecule has 0 radical (unpaired) electrons. The molecular formula is C16H25N3O3. The zero-order valence-electron chi connectivity index (χ0n) is 13.2. The van der Waals surface area contributed by atoms with Gasteiger partial charge >= 0.3 is 5.97 Å². The Balaban J connectivity index is 1.69. The van der Waals surface area contributed by atoms with Crippen molar-refractivity contribution in [3.05, 3.63) is 17.7 Å². The van der Waals surface area contributed by atoms with Crippen molar-refractivity contribution in [2.24, 2.45) is 5.92 Å². The van der Waals surface area contributed by atoms with Crippen LogP contribution in [0, 0.1) is 5.92 Å². The molecule has 0 atom stereocenters. The number of carbonyl (C=O) groups is 1. The van der Waals surface area contributed by atoms with Crippen molar-refractivity contribution >= 4 is 5.97 Å². The molecule has 1 aromatic rings. The lowest BCUT2D eigenvalue weighted by Crippen LogP contribution is -2.49. The van der Waals surface area contributed by atoms with E-state index in [0.29, 0.717) is 25.7 Å². The van der Waals surface area contributed by atoms with Crippen LogP contribution in [0.3, 0.4) is 0 Å². The number of rotatable bonds is 5. The maximum atomic E-state index is 11.3. The molecule has 0 spiro atoms. The molecule has 2 heterocycles. The van der Waals surface area contributed by atoms with Crippen molar-refractivity contribution in [2.45, 2.75) is 64.3 Å². The molecule has 1 fully saturated rings. The minimum Gasteiger partial charge on any atom is -0.481 e. The van der Waals surface area contributed by atoms with Gasteiger partial charge in [-0.15, -0.1) is 0 Å². The summed E-state index contributed by atoms with van der Waals surface area (Å²) in [4.78, 5) is 15.7. The normalized spacial score (nSPS) is 28.3. The third kappa shape index (κ3) is 3.33. The minimum absolute atomic E-state index is 0.198. The van der Waals surface area contributed by atoms with E-state index < -0.39 is 5.97 Å². The molecule has 3 rings (SSSR count). The molecule has 2 N–H and O–H groups in total. The van der Waals surface area contributed by atoms with Crippen molar-refractivity contribution in [1.29, 1.82) is 0 Å². The maximum Gasteiger partial charge on any atom is 0.305 e. The van der Waals surface area contributed by atoms with Crippen LogP contribution in [0.5, 0.6) is 0 Å². The van der Waals surface area contributed by atoms with Gasteiger partial charge in [0.1, 0.15) is 12.4 Å². The van der Waals surface area contributed by atoms with Gasteiger partial charge in [0.15, 0.2) is 0 Å². The Labute approximate surface area is 130 Å². The second-order valence-electron chi connectivity index (χ2n) is 6.76. The highest BCUT2D eigenvalue weighted by molar-refractivity contribution is 5.68. The molecule has 0 amide bonds. The van der Waals surface area contributed by atoms with Crippen molar-refractivity contribution in [1.82, 2.24) is 14.9 Å². The SMILES string of the molecule is CC1CCC(CC(=O)O)(NCc2cnc3n2CCOC3)CC1. The number of aliphatic carboxylic acids is 1. The monoisotopic (exact) mass is 307 g/mol. The second-order valence-corrected chi connectivity index (χ2v) is 6.76. The fourth-order valence-electron chi connectivity index (χ4n) is 3.60. The maximum absolute atomic E-state index is 11.3. The fraction of sp³-hybridized carbons (Fsp3) is 0.750. The molecule has 1 aromatic heterocycles. The van der Waals surface area contributed by atoms with Gasteiger partial charge in [-0.25, -0.2) is 4.98 Å². The lowest BCUT2D eigenvalue weighted by molar-refractivity contribution is -0.139. The summed E-state index contributed by atoms with van der Waals surface area (Å²) in [5.41, 5.74) is 0.857. The highest BCUT2D eigenvalue weighted by Gasteiger charge is 2.36. The Kier molecular flexibility index (Phi) is 4.49. The quantitative estimate of drug-likeness (QED) is 0.869. The lowest BCUT2D eigenvalue weighted by atomic mass is 9.75. The fourth-order valence-corrected chi connectivity index (χ4v) is 3.60. The summed E-state index contributed by atoms with van der Waals surface area (Å²) in [7, 11) is 0. The van der Waals surface area contributed by atoms with E-state index in [1.54, 1.807) is 0 Å². The zero-order chi connectivity index (χ0) is 15.6. The third-order valence-corrected chi connectivity index (χ3v) is 5.08. The van der Waals surface area contributed by atoms with Crippen molar-refractivity contribution in [3.8, 4) is 0 Å². The number of carboxylic acids is 1. The number of carboxylic acid groups (broad SMARTS) is 1. The number of hydrogen-bond donors (Lipinski definition) is 2. The largest absolute Gasteiger partial charge is 0.481 e. The molecule has 0 aromatic carbocycles. The van der Waals surface area contributed by atoms with Crippen LogP contribution in [0.2, 0.25) is 0 Å². The molecule has 1 saturated carbocycles. The highest BCUT2D eigenvalue weighted by Crippen LogP contribution is 2.34. The molecular weight excluding hydrogens is 282 g/mol.